The van der Waals surface area contributed by atoms with Gasteiger partial charge in [-0.25, -0.2) is 9.18 Å². The summed E-state index contributed by atoms with van der Waals surface area (Å²) in [6.07, 6.45) is 16.5. The lowest BCUT2D eigenvalue weighted by molar-refractivity contribution is 0.0727. The molecule has 4 unspecified atom stereocenters. The van der Waals surface area contributed by atoms with Gasteiger partial charge in [-0.2, -0.15) is 0 Å². The van der Waals surface area contributed by atoms with Gasteiger partial charge in [0.2, 0.25) is 0 Å². The molecule has 2 aromatic carbocycles. The number of fused-ring (bicyclic) bond motifs is 1. The Hall–Kier alpha value is -2.88. The summed E-state index contributed by atoms with van der Waals surface area (Å²) in [5.74, 6) is 2.23. The first kappa shape index (κ1) is 25.2. The second-order valence-corrected chi connectivity index (χ2v) is 10.1. The molecule has 0 N–H and O–H groups in total. The Kier molecular flexibility index (Phi) is 8.79. The summed E-state index contributed by atoms with van der Waals surface area (Å²) in [5.41, 5.74) is 1.72. The third-order valence-corrected chi connectivity index (χ3v) is 7.79. The van der Waals surface area contributed by atoms with Crippen molar-refractivity contribution in [3.63, 3.8) is 0 Å². The number of rotatable bonds is 9. The Morgan fingerprint density at radius 1 is 1.06 bits per heavy atom. The Morgan fingerprint density at radius 3 is 2.57 bits per heavy atom. The maximum Gasteiger partial charge on any atom is 0.343 e. The zero-order chi connectivity index (χ0) is 24.6. The fourth-order valence-electron chi connectivity index (χ4n) is 5.91. The molecule has 4 rings (SSSR count). The summed E-state index contributed by atoms with van der Waals surface area (Å²) in [6, 6.07) is 11.9. The van der Waals surface area contributed by atoms with Crippen LogP contribution in [0.3, 0.4) is 0 Å². The monoisotopic (exact) mass is 476 g/mol. The van der Waals surface area contributed by atoms with Gasteiger partial charge in [0.05, 0.1) is 5.56 Å². The van der Waals surface area contributed by atoms with Gasteiger partial charge in [0.1, 0.15) is 12.4 Å². The largest absolute Gasteiger partial charge is 0.489 e. The molecule has 0 radical (unpaired) electrons. The first-order valence-corrected chi connectivity index (χ1v) is 13.0. The molecule has 0 spiro atoms. The molecule has 4 atom stereocenters. The Labute approximate surface area is 209 Å². The van der Waals surface area contributed by atoms with Crippen LogP contribution in [-0.2, 0) is 0 Å². The van der Waals surface area contributed by atoms with Crippen LogP contribution >= 0.6 is 0 Å². The van der Waals surface area contributed by atoms with Crippen LogP contribution in [0.4, 0.5) is 4.39 Å². The molecule has 2 fully saturated rings. The van der Waals surface area contributed by atoms with Crippen LogP contribution in [0.25, 0.3) is 0 Å². The molecule has 2 aromatic rings. The van der Waals surface area contributed by atoms with Gasteiger partial charge in [0, 0.05) is 6.07 Å². The van der Waals surface area contributed by atoms with Crippen LogP contribution in [0.1, 0.15) is 80.1 Å². The van der Waals surface area contributed by atoms with Gasteiger partial charge in [0.15, 0.2) is 11.6 Å². The highest BCUT2D eigenvalue weighted by atomic mass is 19.1. The molecule has 0 aromatic heterocycles. The van der Waals surface area contributed by atoms with Crippen molar-refractivity contribution in [2.45, 2.75) is 64.2 Å². The lowest BCUT2D eigenvalue weighted by atomic mass is 9.63. The standard InChI is InChI=1S/C31H37FO3/c1-3-5-6-7-22-8-9-27-20-26(15-14-25(27)19-22)23-10-12-24(13-11-23)31(33)35-30-17-16-28(21-29(30)32)34-18-4-2/h3-5,10-13,16-17,21-22,25-27H,2,6-9,14-15,18-20H2,1H3/b5-3+. The lowest BCUT2D eigenvalue weighted by Gasteiger charge is -2.42. The lowest BCUT2D eigenvalue weighted by Crippen LogP contribution is -2.30. The van der Waals surface area contributed by atoms with Crippen molar-refractivity contribution in [3.05, 3.63) is 84.2 Å². The van der Waals surface area contributed by atoms with E-state index in [-0.39, 0.29) is 12.4 Å². The fourth-order valence-corrected chi connectivity index (χ4v) is 5.91. The highest BCUT2D eigenvalue weighted by Gasteiger charge is 2.35. The SMILES string of the molecule is C=CCOc1ccc(OC(=O)c2ccc(C3CCC4CC(CC/C=C/C)CCC4C3)cc2)c(F)c1. The van der Waals surface area contributed by atoms with E-state index >= 15 is 0 Å². The minimum atomic E-state index is -0.634. The molecule has 4 heteroatoms. The van der Waals surface area contributed by atoms with E-state index in [2.05, 4.69) is 25.7 Å². The number of carbonyl (C=O) groups is 1. The van der Waals surface area contributed by atoms with Crippen molar-refractivity contribution in [1.82, 2.24) is 0 Å². The smallest absolute Gasteiger partial charge is 0.343 e. The zero-order valence-electron chi connectivity index (χ0n) is 20.8. The van der Waals surface area contributed by atoms with E-state index in [0.717, 1.165) is 17.8 Å². The van der Waals surface area contributed by atoms with E-state index in [9.17, 15) is 9.18 Å². The number of allylic oxidation sites excluding steroid dienone is 2. The summed E-state index contributed by atoms with van der Waals surface area (Å²) < 4.78 is 24.9. The third kappa shape index (κ3) is 6.62. The van der Waals surface area contributed by atoms with Crippen LogP contribution in [0, 0.1) is 23.6 Å². The molecule has 2 saturated carbocycles. The molecule has 0 amide bonds. The Morgan fingerprint density at radius 2 is 1.83 bits per heavy atom. The maximum atomic E-state index is 14.3. The second kappa shape index (κ2) is 12.2. The number of hydrogen-bond donors (Lipinski definition) is 0. The van der Waals surface area contributed by atoms with Crippen molar-refractivity contribution in [1.29, 1.82) is 0 Å². The highest BCUT2D eigenvalue weighted by Crippen LogP contribution is 2.48. The normalized spacial score (nSPS) is 24.1. The summed E-state index contributed by atoms with van der Waals surface area (Å²) in [4.78, 5) is 12.6. The molecular formula is C31H37FO3. The van der Waals surface area contributed by atoms with Gasteiger partial charge in [-0.15, -0.1) is 0 Å². The number of benzene rings is 2. The number of ether oxygens (including phenoxy) is 2. The number of hydrogen-bond acceptors (Lipinski definition) is 3. The van der Waals surface area contributed by atoms with Gasteiger partial charge in [-0.1, -0.05) is 43.4 Å². The minimum absolute atomic E-state index is 0.107. The van der Waals surface area contributed by atoms with Gasteiger partial charge in [-0.05, 0) is 105 Å². The quantitative estimate of drug-likeness (QED) is 0.208. The third-order valence-electron chi connectivity index (χ3n) is 7.79. The van der Waals surface area contributed by atoms with Crippen molar-refractivity contribution in [3.8, 4) is 11.5 Å². The zero-order valence-corrected chi connectivity index (χ0v) is 20.8. The van der Waals surface area contributed by atoms with Crippen molar-refractivity contribution in [2.75, 3.05) is 6.61 Å². The molecule has 35 heavy (non-hydrogen) atoms. The van der Waals surface area contributed by atoms with E-state index in [1.54, 1.807) is 24.3 Å². The second-order valence-electron chi connectivity index (χ2n) is 10.1. The molecule has 0 saturated heterocycles. The highest BCUT2D eigenvalue weighted by molar-refractivity contribution is 5.91. The topological polar surface area (TPSA) is 35.5 Å². The Bertz CT molecular complexity index is 1030. The molecular weight excluding hydrogens is 439 g/mol. The van der Waals surface area contributed by atoms with Crippen LogP contribution in [-0.4, -0.2) is 12.6 Å². The van der Waals surface area contributed by atoms with E-state index < -0.39 is 11.8 Å². The van der Waals surface area contributed by atoms with Crippen molar-refractivity contribution in [2.24, 2.45) is 17.8 Å². The Balaban J connectivity index is 1.31. The first-order valence-electron chi connectivity index (χ1n) is 13.0. The summed E-state index contributed by atoms with van der Waals surface area (Å²) in [5, 5.41) is 0. The molecule has 0 aliphatic heterocycles. The molecule has 0 bridgehead atoms. The average molecular weight is 477 g/mol. The van der Waals surface area contributed by atoms with Crippen molar-refractivity contribution >= 4 is 5.97 Å². The predicted octanol–water partition coefficient (Wildman–Crippen LogP) is 8.27. The van der Waals surface area contributed by atoms with Crippen LogP contribution in [0.15, 0.2) is 67.3 Å². The fraction of sp³-hybridized carbons (Fsp3) is 0.452. The van der Waals surface area contributed by atoms with E-state index in [1.165, 1.54) is 69.1 Å². The summed E-state index contributed by atoms with van der Waals surface area (Å²) in [7, 11) is 0. The van der Waals surface area contributed by atoms with Gasteiger partial charge in [0.25, 0.3) is 0 Å². The van der Waals surface area contributed by atoms with E-state index in [1.807, 2.05) is 12.1 Å². The van der Waals surface area contributed by atoms with Gasteiger partial charge in [-0.3, -0.25) is 0 Å². The van der Waals surface area contributed by atoms with Gasteiger partial charge < -0.3 is 9.47 Å². The van der Waals surface area contributed by atoms with Crippen LogP contribution in [0.5, 0.6) is 11.5 Å². The van der Waals surface area contributed by atoms with Crippen LogP contribution < -0.4 is 9.47 Å². The summed E-state index contributed by atoms with van der Waals surface area (Å²) in [6.45, 7) is 5.95. The van der Waals surface area contributed by atoms with Gasteiger partial charge >= 0.3 is 5.97 Å². The molecule has 186 valence electrons. The minimum Gasteiger partial charge on any atom is -0.489 e. The maximum absolute atomic E-state index is 14.3. The predicted molar refractivity (Wildman–Crippen MR) is 138 cm³/mol. The molecule has 0 heterocycles. The van der Waals surface area contributed by atoms with E-state index in [0.29, 0.717) is 17.2 Å². The summed E-state index contributed by atoms with van der Waals surface area (Å²) >= 11 is 0. The van der Waals surface area contributed by atoms with Crippen LogP contribution in [0.2, 0.25) is 0 Å². The van der Waals surface area contributed by atoms with E-state index in [4.69, 9.17) is 9.47 Å². The molecule has 3 nitrogen and oxygen atoms in total. The molecule has 2 aliphatic rings. The number of esters is 1. The number of halogens is 1. The first-order chi connectivity index (χ1) is 17.1. The number of carbonyl (C=O) groups excluding carboxylic acids is 1. The van der Waals surface area contributed by atoms with Crippen molar-refractivity contribution < 1.29 is 18.7 Å². The average Bonchev–Trinajstić information content (AvgIpc) is 2.88. The molecule has 2 aliphatic carbocycles.